The number of anilines is 2. The Morgan fingerprint density at radius 3 is 1.45 bits per heavy atom. The molecule has 2 rings (SSSR count). The van der Waals surface area contributed by atoms with Crippen molar-refractivity contribution >= 4 is 23.6 Å². The number of aryl methyl sites for hydroxylation is 4. The summed E-state index contributed by atoms with van der Waals surface area (Å²) < 4.78 is 9.46. The average molecular weight is 399 g/mol. The van der Waals surface area contributed by atoms with Crippen molar-refractivity contribution in [3.63, 3.8) is 0 Å². The lowest BCUT2D eigenvalue weighted by Crippen LogP contribution is -2.14. The highest BCUT2D eigenvalue weighted by Crippen LogP contribution is 2.28. The van der Waals surface area contributed by atoms with Crippen LogP contribution in [0.1, 0.15) is 47.2 Å². The van der Waals surface area contributed by atoms with Gasteiger partial charge in [0.05, 0.1) is 25.6 Å². The maximum absolute atomic E-state index is 11.6. The van der Waals surface area contributed by atoms with Gasteiger partial charge in [-0.3, -0.25) is 10.6 Å². The Morgan fingerprint density at radius 1 is 0.759 bits per heavy atom. The van der Waals surface area contributed by atoms with Crippen LogP contribution in [0.4, 0.5) is 21.0 Å². The normalized spacial score (nSPS) is 10.4. The van der Waals surface area contributed by atoms with Crippen LogP contribution in [0.25, 0.3) is 0 Å². The third-order valence-corrected chi connectivity index (χ3v) is 4.95. The number of carbonyl (C=O) groups is 2. The third-order valence-electron chi connectivity index (χ3n) is 4.95. The molecular weight excluding hydrogens is 368 g/mol. The van der Waals surface area contributed by atoms with E-state index in [2.05, 4.69) is 48.7 Å². The lowest BCUT2D eigenvalue weighted by atomic mass is 9.94. The number of amides is 2. The number of rotatable bonds is 6. The molecule has 0 aliphatic carbocycles. The summed E-state index contributed by atoms with van der Waals surface area (Å²) in [5, 5.41) is 5.63. The lowest BCUT2D eigenvalue weighted by Gasteiger charge is -2.17. The molecule has 2 amide bonds. The van der Waals surface area contributed by atoms with E-state index in [9.17, 15) is 9.59 Å². The molecule has 0 atom stereocenters. The SMILES string of the molecule is CCc1cc(Cc2cc(C)c(NC(=O)OC)c(CC)c2)cc(C)c1NC(=O)OC. The molecular formula is C23H30N2O4. The van der Waals surface area contributed by atoms with Gasteiger partial charge in [-0.05, 0) is 66.5 Å². The fraction of sp³-hybridized carbons (Fsp3) is 0.391. The molecule has 29 heavy (non-hydrogen) atoms. The van der Waals surface area contributed by atoms with Crippen LogP contribution < -0.4 is 10.6 Å². The van der Waals surface area contributed by atoms with Crippen molar-refractivity contribution in [1.29, 1.82) is 0 Å². The summed E-state index contributed by atoms with van der Waals surface area (Å²) in [7, 11) is 2.72. The summed E-state index contributed by atoms with van der Waals surface area (Å²) in [4.78, 5) is 23.3. The first-order valence-electron chi connectivity index (χ1n) is 9.77. The molecule has 0 radical (unpaired) electrons. The highest BCUT2D eigenvalue weighted by atomic mass is 16.5. The second-order valence-electron chi connectivity index (χ2n) is 7.01. The number of hydrogen-bond acceptors (Lipinski definition) is 4. The van der Waals surface area contributed by atoms with Crippen LogP contribution in [-0.2, 0) is 28.7 Å². The number of methoxy groups -OCH3 is 2. The molecule has 6 nitrogen and oxygen atoms in total. The predicted molar refractivity (Wildman–Crippen MR) is 116 cm³/mol. The molecule has 2 aromatic carbocycles. The van der Waals surface area contributed by atoms with E-state index in [0.717, 1.165) is 52.9 Å². The van der Waals surface area contributed by atoms with E-state index in [0.29, 0.717) is 0 Å². The Hall–Kier alpha value is -3.02. The molecule has 0 aliphatic rings. The van der Waals surface area contributed by atoms with Crippen LogP contribution in [0.5, 0.6) is 0 Å². The minimum absolute atomic E-state index is 0.465. The van der Waals surface area contributed by atoms with Gasteiger partial charge >= 0.3 is 12.2 Å². The van der Waals surface area contributed by atoms with Gasteiger partial charge in [-0.25, -0.2) is 9.59 Å². The molecule has 2 aromatic rings. The largest absolute Gasteiger partial charge is 0.453 e. The van der Waals surface area contributed by atoms with Crippen LogP contribution in [-0.4, -0.2) is 26.4 Å². The van der Waals surface area contributed by atoms with Gasteiger partial charge < -0.3 is 9.47 Å². The second kappa shape index (κ2) is 9.96. The van der Waals surface area contributed by atoms with Crippen LogP contribution >= 0.6 is 0 Å². The van der Waals surface area contributed by atoms with E-state index in [1.165, 1.54) is 25.3 Å². The Bertz CT molecular complexity index is 833. The zero-order chi connectivity index (χ0) is 21.6. The summed E-state index contributed by atoms with van der Waals surface area (Å²) >= 11 is 0. The smallest absolute Gasteiger partial charge is 0.411 e. The van der Waals surface area contributed by atoms with Crippen LogP contribution in [0.2, 0.25) is 0 Å². The molecule has 6 heteroatoms. The molecule has 0 bridgehead atoms. The number of carbonyl (C=O) groups excluding carboxylic acids is 2. The topological polar surface area (TPSA) is 76.7 Å². The van der Waals surface area contributed by atoms with Gasteiger partial charge in [-0.15, -0.1) is 0 Å². The Labute approximate surface area is 172 Å². The molecule has 0 heterocycles. The van der Waals surface area contributed by atoms with E-state index in [-0.39, 0.29) is 0 Å². The summed E-state index contributed by atoms with van der Waals surface area (Å²) in [5.41, 5.74) is 8.11. The van der Waals surface area contributed by atoms with Crippen molar-refractivity contribution < 1.29 is 19.1 Å². The number of benzene rings is 2. The second-order valence-corrected chi connectivity index (χ2v) is 7.01. The van der Waals surface area contributed by atoms with Gasteiger partial charge in [0, 0.05) is 0 Å². The highest BCUT2D eigenvalue weighted by molar-refractivity contribution is 5.87. The van der Waals surface area contributed by atoms with Crippen molar-refractivity contribution in [2.45, 2.75) is 47.0 Å². The first-order chi connectivity index (χ1) is 13.8. The summed E-state index contributed by atoms with van der Waals surface area (Å²) in [5.74, 6) is 0. The van der Waals surface area contributed by atoms with Gasteiger partial charge in [0.15, 0.2) is 0 Å². The van der Waals surface area contributed by atoms with Gasteiger partial charge in [-0.2, -0.15) is 0 Å². The summed E-state index contributed by atoms with van der Waals surface area (Å²) in [6, 6.07) is 8.43. The Kier molecular flexibility index (Phi) is 7.65. The molecule has 156 valence electrons. The monoisotopic (exact) mass is 398 g/mol. The van der Waals surface area contributed by atoms with Crippen molar-refractivity contribution in [2.24, 2.45) is 0 Å². The lowest BCUT2D eigenvalue weighted by molar-refractivity contribution is 0.186. The van der Waals surface area contributed by atoms with Crippen LogP contribution in [0.3, 0.4) is 0 Å². The Morgan fingerprint density at radius 2 is 1.14 bits per heavy atom. The standard InChI is InChI=1S/C23H30N2O4/c1-7-18-12-16(9-14(3)20(18)24-22(26)28-5)11-17-10-15(4)21(19(8-2)13-17)25-23(27)29-6/h9-10,12-13H,7-8,11H2,1-6H3,(H,24,26)(H,25,27). The van der Waals surface area contributed by atoms with E-state index in [1.54, 1.807) is 0 Å². The van der Waals surface area contributed by atoms with E-state index >= 15 is 0 Å². The quantitative estimate of drug-likeness (QED) is 0.685. The average Bonchev–Trinajstić information content (AvgIpc) is 2.70. The Balaban J connectivity index is 2.36. The predicted octanol–water partition coefficient (Wildman–Crippen LogP) is 5.38. The fourth-order valence-corrected chi connectivity index (χ4v) is 3.54. The fourth-order valence-electron chi connectivity index (χ4n) is 3.54. The number of hydrogen-bond donors (Lipinski definition) is 2. The summed E-state index contributed by atoms with van der Waals surface area (Å²) in [6.45, 7) is 8.10. The minimum Gasteiger partial charge on any atom is -0.453 e. The molecule has 0 aromatic heterocycles. The van der Waals surface area contributed by atoms with E-state index < -0.39 is 12.2 Å². The maximum Gasteiger partial charge on any atom is 0.411 e. The molecule has 0 unspecified atom stereocenters. The zero-order valence-electron chi connectivity index (χ0n) is 18.1. The van der Waals surface area contributed by atoms with Crippen molar-refractivity contribution in [1.82, 2.24) is 0 Å². The van der Waals surface area contributed by atoms with Crippen molar-refractivity contribution in [3.8, 4) is 0 Å². The van der Waals surface area contributed by atoms with Gasteiger partial charge in [0.1, 0.15) is 0 Å². The number of ether oxygens (including phenoxy) is 2. The van der Waals surface area contributed by atoms with E-state index in [1.807, 2.05) is 13.8 Å². The molecule has 2 N–H and O–H groups in total. The molecule has 0 saturated carbocycles. The van der Waals surface area contributed by atoms with Crippen LogP contribution in [0, 0.1) is 13.8 Å². The van der Waals surface area contributed by atoms with Gasteiger partial charge in [0.2, 0.25) is 0 Å². The minimum atomic E-state index is -0.465. The zero-order valence-corrected chi connectivity index (χ0v) is 18.1. The van der Waals surface area contributed by atoms with Crippen molar-refractivity contribution in [2.75, 3.05) is 24.9 Å². The third kappa shape index (κ3) is 5.50. The van der Waals surface area contributed by atoms with Crippen molar-refractivity contribution in [3.05, 3.63) is 57.6 Å². The molecule has 0 fully saturated rings. The molecule has 0 aliphatic heterocycles. The first kappa shape index (κ1) is 22.3. The van der Waals surface area contributed by atoms with Gasteiger partial charge in [0.25, 0.3) is 0 Å². The molecule has 0 spiro atoms. The van der Waals surface area contributed by atoms with E-state index in [4.69, 9.17) is 9.47 Å². The highest BCUT2D eigenvalue weighted by Gasteiger charge is 2.14. The van der Waals surface area contributed by atoms with Crippen LogP contribution in [0.15, 0.2) is 24.3 Å². The molecule has 0 saturated heterocycles. The number of nitrogens with one attached hydrogen (secondary N) is 2. The van der Waals surface area contributed by atoms with Gasteiger partial charge in [-0.1, -0.05) is 38.1 Å². The maximum atomic E-state index is 11.6. The first-order valence-corrected chi connectivity index (χ1v) is 9.77. The summed E-state index contributed by atoms with van der Waals surface area (Å²) in [6.07, 6.45) is 1.43.